The minimum atomic E-state index is -0.131. The van der Waals surface area contributed by atoms with Gasteiger partial charge in [-0.15, -0.1) is 0 Å². The zero-order chi connectivity index (χ0) is 13.7. The molecule has 19 heavy (non-hydrogen) atoms. The fourth-order valence-electron chi connectivity index (χ4n) is 1.36. The summed E-state index contributed by atoms with van der Waals surface area (Å²) in [6.45, 7) is 0. The summed E-state index contributed by atoms with van der Waals surface area (Å²) in [6, 6.07) is 4.94. The molecule has 100 valence electrons. The molecule has 1 aromatic heterocycles. The Labute approximate surface area is 119 Å². The van der Waals surface area contributed by atoms with Crippen molar-refractivity contribution in [2.45, 2.75) is 11.6 Å². The van der Waals surface area contributed by atoms with Crippen LogP contribution in [0.2, 0.25) is 5.02 Å². The first-order valence-electron chi connectivity index (χ1n) is 5.52. The van der Waals surface area contributed by atoms with E-state index in [9.17, 15) is 4.79 Å². The number of oxazole rings is 1. The Kier molecular flexibility index (Phi) is 4.70. The van der Waals surface area contributed by atoms with Crippen molar-refractivity contribution in [3.8, 4) is 0 Å². The molecule has 0 fully saturated rings. The van der Waals surface area contributed by atoms with Crippen LogP contribution in [0.3, 0.4) is 0 Å². The van der Waals surface area contributed by atoms with Crippen molar-refractivity contribution in [3.63, 3.8) is 0 Å². The summed E-state index contributed by atoms with van der Waals surface area (Å²) in [5.41, 5.74) is 6.75. The van der Waals surface area contributed by atoms with Crippen LogP contribution in [0.1, 0.15) is 6.42 Å². The number of aromatic nitrogens is 1. The molecule has 1 aromatic carbocycles. The largest absolute Gasteiger partial charge is 0.440 e. The van der Waals surface area contributed by atoms with Crippen LogP contribution in [0, 0.1) is 0 Å². The van der Waals surface area contributed by atoms with Crippen LogP contribution in [-0.2, 0) is 4.79 Å². The number of nitrogens with two attached hydrogens (primary N) is 1. The molecule has 0 bridgehead atoms. The highest BCUT2D eigenvalue weighted by Crippen LogP contribution is 2.23. The number of halogens is 1. The second-order valence-corrected chi connectivity index (χ2v) is 5.16. The van der Waals surface area contributed by atoms with E-state index in [-0.39, 0.29) is 5.91 Å². The first kappa shape index (κ1) is 13.8. The standard InChI is InChI=1S/C12H12ClN3O2S/c13-8-1-2-9(14)10(7-8)16-11(17)3-6-19-12-15-4-5-18-12/h1-2,4-5,7H,3,6,14H2,(H,16,17). The fraction of sp³-hybridized carbons (Fsp3) is 0.167. The molecule has 0 aliphatic rings. The lowest BCUT2D eigenvalue weighted by Crippen LogP contribution is -2.13. The van der Waals surface area contributed by atoms with Gasteiger partial charge in [0.1, 0.15) is 6.26 Å². The maximum Gasteiger partial charge on any atom is 0.255 e. The van der Waals surface area contributed by atoms with Gasteiger partial charge in [0.2, 0.25) is 5.91 Å². The van der Waals surface area contributed by atoms with Gasteiger partial charge in [-0.25, -0.2) is 4.98 Å². The van der Waals surface area contributed by atoms with Gasteiger partial charge in [-0.3, -0.25) is 4.79 Å². The minimum absolute atomic E-state index is 0.131. The zero-order valence-corrected chi connectivity index (χ0v) is 11.5. The number of nitrogens with zero attached hydrogens (tertiary/aromatic N) is 1. The van der Waals surface area contributed by atoms with Crippen LogP contribution >= 0.6 is 23.4 Å². The summed E-state index contributed by atoms with van der Waals surface area (Å²) >= 11 is 7.22. The first-order valence-corrected chi connectivity index (χ1v) is 6.88. The molecule has 2 rings (SSSR count). The minimum Gasteiger partial charge on any atom is -0.440 e. The van der Waals surface area contributed by atoms with Gasteiger partial charge >= 0.3 is 0 Å². The van der Waals surface area contributed by atoms with Crippen molar-refractivity contribution < 1.29 is 9.21 Å². The van der Waals surface area contributed by atoms with Crippen LogP contribution in [0.4, 0.5) is 11.4 Å². The van der Waals surface area contributed by atoms with Crippen LogP contribution < -0.4 is 11.1 Å². The normalized spacial score (nSPS) is 10.4. The average Bonchev–Trinajstić information content (AvgIpc) is 2.87. The molecule has 0 aliphatic heterocycles. The quantitative estimate of drug-likeness (QED) is 0.655. The van der Waals surface area contributed by atoms with Crippen LogP contribution in [-0.4, -0.2) is 16.6 Å². The molecule has 7 heteroatoms. The summed E-state index contributed by atoms with van der Waals surface area (Å²) in [5.74, 6) is 0.445. The Morgan fingerprint density at radius 1 is 1.53 bits per heavy atom. The molecule has 0 spiro atoms. The predicted octanol–water partition coefficient (Wildman–Crippen LogP) is 3.03. The van der Waals surface area contributed by atoms with Crippen LogP contribution in [0.15, 0.2) is 40.3 Å². The summed E-state index contributed by atoms with van der Waals surface area (Å²) in [7, 11) is 0. The first-order chi connectivity index (χ1) is 9.15. The van der Waals surface area contributed by atoms with E-state index in [1.165, 1.54) is 18.0 Å². The highest BCUT2D eigenvalue weighted by Gasteiger charge is 2.07. The van der Waals surface area contributed by atoms with E-state index in [4.69, 9.17) is 21.8 Å². The number of nitrogens with one attached hydrogen (secondary N) is 1. The number of carbonyl (C=O) groups is 1. The number of benzene rings is 1. The molecule has 0 atom stereocenters. The Bertz CT molecular complexity index is 560. The van der Waals surface area contributed by atoms with Gasteiger partial charge in [0.05, 0.1) is 17.6 Å². The molecule has 0 saturated heterocycles. The van der Waals surface area contributed by atoms with Gasteiger partial charge in [-0.2, -0.15) is 0 Å². The van der Waals surface area contributed by atoms with E-state index >= 15 is 0 Å². The number of amides is 1. The summed E-state index contributed by atoms with van der Waals surface area (Å²) < 4.78 is 5.05. The van der Waals surface area contributed by atoms with E-state index in [0.717, 1.165) is 0 Å². The summed E-state index contributed by atoms with van der Waals surface area (Å²) in [6.07, 6.45) is 3.39. The van der Waals surface area contributed by atoms with Crippen molar-refractivity contribution in [1.82, 2.24) is 4.98 Å². The molecule has 1 amide bonds. The number of nitrogen functional groups attached to an aromatic ring is 1. The lowest BCUT2D eigenvalue weighted by atomic mass is 10.2. The number of rotatable bonds is 5. The Hall–Kier alpha value is -1.66. The Balaban J connectivity index is 1.82. The van der Waals surface area contributed by atoms with Gasteiger partial charge in [0.15, 0.2) is 0 Å². The van der Waals surface area contributed by atoms with Crippen LogP contribution in [0.25, 0.3) is 0 Å². The zero-order valence-electron chi connectivity index (χ0n) is 9.93. The third-order valence-electron chi connectivity index (χ3n) is 2.25. The number of anilines is 2. The molecular weight excluding hydrogens is 286 g/mol. The molecule has 0 unspecified atom stereocenters. The molecule has 0 saturated carbocycles. The topological polar surface area (TPSA) is 81.1 Å². The van der Waals surface area contributed by atoms with Crippen molar-refractivity contribution in [1.29, 1.82) is 0 Å². The van der Waals surface area contributed by atoms with Crippen molar-refractivity contribution in [2.75, 3.05) is 16.8 Å². The number of thioether (sulfide) groups is 1. The number of hydrogen-bond donors (Lipinski definition) is 2. The smallest absolute Gasteiger partial charge is 0.255 e. The Morgan fingerprint density at radius 3 is 3.11 bits per heavy atom. The van der Waals surface area contributed by atoms with Gasteiger partial charge < -0.3 is 15.5 Å². The third kappa shape index (κ3) is 4.18. The third-order valence-corrected chi connectivity index (χ3v) is 3.35. The van der Waals surface area contributed by atoms with E-state index < -0.39 is 0 Å². The lowest BCUT2D eigenvalue weighted by Gasteiger charge is -2.08. The molecule has 1 heterocycles. The van der Waals surface area contributed by atoms with Gasteiger partial charge in [-0.1, -0.05) is 23.4 Å². The monoisotopic (exact) mass is 297 g/mol. The highest BCUT2D eigenvalue weighted by molar-refractivity contribution is 7.99. The predicted molar refractivity (Wildman–Crippen MR) is 76.3 cm³/mol. The van der Waals surface area contributed by atoms with Crippen LogP contribution in [0.5, 0.6) is 0 Å². The van der Waals surface area contributed by atoms with E-state index in [1.54, 1.807) is 24.4 Å². The van der Waals surface area contributed by atoms with E-state index in [1.807, 2.05) is 0 Å². The Morgan fingerprint density at radius 2 is 2.37 bits per heavy atom. The van der Waals surface area contributed by atoms with Crippen molar-refractivity contribution in [3.05, 3.63) is 35.7 Å². The number of carbonyl (C=O) groups excluding carboxylic acids is 1. The maximum absolute atomic E-state index is 11.7. The molecule has 3 N–H and O–H groups in total. The van der Waals surface area contributed by atoms with Gasteiger partial charge in [0.25, 0.3) is 5.22 Å². The average molecular weight is 298 g/mol. The van der Waals surface area contributed by atoms with Gasteiger partial charge in [-0.05, 0) is 18.2 Å². The summed E-state index contributed by atoms with van der Waals surface area (Å²) in [4.78, 5) is 15.7. The molecule has 0 radical (unpaired) electrons. The second kappa shape index (κ2) is 6.49. The molecule has 2 aromatic rings. The second-order valence-electron chi connectivity index (χ2n) is 3.68. The lowest BCUT2D eigenvalue weighted by molar-refractivity contribution is -0.115. The molecule has 0 aliphatic carbocycles. The SMILES string of the molecule is Nc1ccc(Cl)cc1NC(=O)CCSc1ncco1. The van der Waals surface area contributed by atoms with Gasteiger partial charge in [0, 0.05) is 17.2 Å². The maximum atomic E-state index is 11.7. The summed E-state index contributed by atoms with van der Waals surface area (Å²) in [5, 5.41) is 3.80. The highest BCUT2D eigenvalue weighted by atomic mass is 35.5. The number of hydrogen-bond acceptors (Lipinski definition) is 5. The molecule has 5 nitrogen and oxygen atoms in total. The van der Waals surface area contributed by atoms with E-state index in [2.05, 4.69) is 10.3 Å². The molecular formula is C12H12ClN3O2S. The fourth-order valence-corrected chi connectivity index (χ4v) is 2.26. The van der Waals surface area contributed by atoms with Crippen molar-refractivity contribution in [2.24, 2.45) is 0 Å². The van der Waals surface area contributed by atoms with E-state index in [0.29, 0.717) is 33.8 Å². The van der Waals surface area contributed by atoms with Crippen molar-refractivity contribution >= 4 is 40.6 Å².